The van der Waals surface area contributed by atoms with Crippen LogP contribution in [0.2, 0.25) is 0 Å². The Bertz CT molecular complexity index is 976. The number of aromatic nitrogens is 1. The number of aryl methyl sites for hydroxylation is 1. The van der Waals surface area contributed by atoms with Gasteiger partial charge in [-0.15, -0.1) is 24.0 Å². The molecule has 0 amide bonds. The van der Waals surface area contributed by atoms with E-state index in [4.69, 9.17) is 13.9 Å². The third kappa shape index (κ3) is 7.83. The van der Waals surface area contributed by atoms with Crippen LogP contribution in [0.25, 0.3) is 11.5 Å². The highest BCUT2D eigenvalue weighted by Gasteiger charge is 2.09. The van der Waals surface area contributed by atoms with Gasteiger partial charge in [0.15, 0.2) is 5.96 Å². The number of guanidine groups is 1. The Balaban J connectivity index is 0.00000363. The Labute approximate surface area is 206 Å². The van der Waals surface area contributed by atoms with E-state index >= 15 is 0 Å². The van der Waals surface area contributed by atoms with E-state index in [2.05, 4.69) is 39.7 Å². The van der Waals surface area contributed by atoms with E-state index in [1.165, 1.54) is 0 Å². The second-order valence-corrected chi connectivity index (χ2v) is 6.95. The van der Waals surface area contributed by atoms with Crippen LogP contribution in [-0.4, -0.2) is 37.8 Å². The number of benzene rings is 2. The lowest BCUT2D eigenvalue weighted by molar-refractivity contribution is 0.110. The topological polar surface area (TPSA) is 80.9 Å². The molecule has 0 spiro atoms. The van der Waals surface area contributed by atoms with Crippen molar-refractivity contribution in [2.24, 2.45) is 4.99 Å². The predicted octanol–water partition coefficient (Wildman–Crippen LogP) is 4.55. The Morgan fingerprint density at radius 3 is 2.59 bits per heavy atom. The summed E-state index contributed by atoms with van der Waals surface area (Å²) in [5.74, 6) is 2.13. The van der Waals surface area contributed by atoms with Crippen LogP contribution in [0.3, 0.4) is 0 Å². The summed E-state index contributed by atoms with van der Waals surface area (Å²) in [5.41, 5.74) is 3.96. The first-order valence-electron chi connectivity index (χ1n) is 10.4. The van der Waals surface area contributed by atoms with E-state index in [1.54, 1.807) is 13.3 Å². The molecule has 1 heterocycles. The number of rotatable bonds is 10. The molecule has 0 aliphatic rings. The van der Waals surface area contributed by atoms with Gasteiger partial charge in [0.2, 0.25) is 5.89 Å². The van der Waals surface area contributed by atoms with Gasteiger partial charge in [-0.2, -0.15) is 0 Å². The van der Waals surface area contributed by atoms with Crippen molar-refractivity contribution < 1.29 is 13.9 Å². The zero-order valence-corrected chi connectivity index (χ0v) is 21.1. The van der Waals surface area contributed by atoms with Crippen molar-refractivity contribution in [1.82, 2.24) is 15.6 Å². The molecule has 0 radical (unpaired) electrons. The van der Waals surface area contributed by atoms with Crippen molar-refractivity contribution in [3.63, 3.8) is 0 Å². The lowest BCUT2D eigenvalue weighted by Crippen LogP contribution is -2.36. The zero-order valence-electron chi connectivity index (χ0n) is 18.8. The van der Waals surface area contributed by atoms with E-state index in [9.17, 15) is 0 Å². The number of hydrogen-bond acceptors (Lipinski definition) is 5. The van der Waals surface area contributed by atoms with Crippen molar-refractivity contribution in [3.05, 3.63) is 71.6 Å². The Hall–Kier alpha value is -2.59. The summed E-state index contributed by atoms with van der Waals surface area (Å²) in [6.45, 7) is 6.89. The zero-order chi connectivity index (χ0) is 21.9. The number of oxazole rings is 1. The van der Waals surface area contributed by atoms with Crippen LogP contribution >= 0.6 is 24.0 Å². The molecular weight excluding hydrogens is 519 g/mol. The molecule has 3 aromatic rings. The fourth-order valence-corrected chi connectivity index (χ4v) is 2.97. The number of ether oxygens (including phenoxy) is 2. The summed E-state index contributed by atoms with van der Waals surface area (Å²) in [7, 11) is 1.74. The number of nitrogens with zero attached hydrogens (tertiary/aromatic N) is 2. The minimum absolute atomic E-state index is 0. The van der Waals surface area contributed by atoms with Crippen LogP contribution in [0.15, 0.2) is 64.2 Å². The van der Waals surface area contributed by atoms with E-state index in [0.717, 1.165) is 28.1 Å². The molecule has 0 saturated heterocycles. The highest BCUT2D eigenvalue weighted by atomic mass is 127. The van der Waals surface area contributed by atoms with E-state index in [-0.39, 0.29) is 24.0 Å². The van der Waals surface area contributed by atoms with Gasteiger partial charge >= 0.3 is 0 Å². The molecule has 0 aliphatic heterocycles. The summed E-state index contributed by atoms with van der Waals surface area (Å²) >= 11 is 0. The quantitative estimate of drug-likeness (QED) is 0.167. The van der Waals surface area contributed by atoms with Crippen LogP contribution in [0, 0.1) is 6.92 Å². The van der Waals surface area contributed by atoms with Gasteiger partial charge in [0.25, 0.3) is 0 Å². The minimum Gasteiger partial charge on any atom is -0.491 e. The molecule has 7 nitrogen and oxygen atoms in total. The monoisotopic (exact) mass is 550 g/mol. The van der Waals surface area contributed by atoms with Gasteiger partial charge in [-0.3, -0.25) is 4.99 Å². The van der Waals surface area contributed by atoms with Crippen molar-refractivity contribution in [1.29, 1.82) is 0 Å². The first kappa shape index (κ1) is 25.7. The van der Waals surface area contributed by atoms with Gasteiger partial charge < -0.3 is 24.5 Å². The summed E-state index contributed by atoms with van der Waals surface area (Å²) in [4.78, 5) is 8.83. The summed E-state index contributed by atoms with van der Waals surface area (Å²) in [5, 5.41) is 6.59. The molecule has 0 saturated carbocycles. The van der Waals surface area contributed by atoms with Crippen LogP contribution in [0.5, 0.6) is 5.75 Å². The Morgan fingerprint density at radius 1 is 1.06 bits per heavy atom. The molecule has 0 aliphatic carbocycles. The van der Waals surface area contributed by atoms with Crippen molar-refractivity contribution in [2.75, 3.05) is 26.9 Å². The lowest BCUT2D eigenvalue weighted by Gasteiger charge is -2.15. The van der Waals surface area contributed by atoms with Crippen molar-refractivity contribution >= 4 is 29.9 Å². The van der Waals surface area contributed by atoms with Crippen molar-refractivity contribution in [3.8, 4) is 17.2 Å². The molecule has 172 valence electrons. The molecule has 0 bridgehead atoms. The highest BCUT2D eigenvalue weighted by Crippen LogP contribution is 2.20. The second kappa shape index (κ2) is 13.7. The van der Waals surface area contributed by atoms with Gasteiger partial charge in [-0.05, 0) is 37.6 Å². The number of hydrogen-bond donors (Lipinski definition) is 2. The first-order valence-corrected chi connectivity index (χ1v) is 10.4. The van der Waals surface area contributed by atoms with Gasteiger partial charge in [-0.1, -0.05) is 30.3 Å². The van der Waals surface area contributed by atoms with Crippen LogP contribution in [0.1, 0.15) is 23.7 Å². The van der Waals surface area contributed by atoms with Gasteiger partial charge in [0, 0.05) is 31.3 Å². The molecular formula is C24H31IN4O3. The number of aliphatic imine (C=N–C) groups is 1. The van der Waals surface area contributed by atoms with E-state index in [1.807, 2.05) is 43.3 Å². The molecule has 2 N–H and O–H groups in total. The summed E-state index contributed by atoms with van der Waals surface area (Å²) in [6.07, 6.45) is 1.66. The third-order valence-electron chi connectivity index (χ3n) is 4.59. The third-order valence-corrected chi connectivity index (χ3v) is 4.59. The van der Waals surface area contributed by atoms with Crippen molar-refractivity contribution in [2.45, 2.75) is 26.9 Å². The fraction of sp³-hybridized carbons (Fsp3) is 0.333. The van der Waals surface area contributed by atoms with Gasteiger partial charge in [0.1, 0.15) is 18.6 Å². The van der Waals surface area contributed by atoms with E-state index in [0.29, 0.717) is 44.8 Å². The minimum atomic E-state index is 0. The highest BCUT2D eigenvalue weighted by molar-refractivity contribution is 14.0. The fourth-order valence-electron chi connectivity index (χ4n) is 2.97. The standard InChI is InChI=1S/C24H30N4O3.HI/c1-4-29-12-13-30-22-14-18(2)10-11-20(22)15-26-24(25-3)27-16-21-17-31-23(28-21)19-8-6-5-7-9-19;/h5-11,14,17H,4,12-13,15-16H2,1-3H3,(H2,25,26,27);1H. The molecule has 32 heavy (non-hydrogen) atoms. The average Bonchev–Trinajstić information content (AvgIpc) is 3.27. The maximum absolute atomic E-state index is 5.91. The Kier molecular flexibility index (Phi) is 11.0. The summed E-state index contributed by atoms with van der Waals surface area (Å²) in [6, 6.07) is 16.0. The van der Waals surface area contributed by atoms with Crippen LogP contribution in [-0.2, 0) is 17.8 Å². The largest absolute Gasteiger partial charge is 0.491 e. The molecule has 8 heteroatoms. The smallest absolute Gasteiger partial charge is 0.226 e. The number of halogens is 1. The van der Waals surface area contributed by atoms with Gasteiger partial charge in [0.05, 0.1) is 18.8 Å². The van der Waals surface area contributed by atoms with Crippen LogP contribution in [0.4, 0.5) is 0 Å². The molecule has 0 fully saturated rings. The number of nitrogens with one attached hydrogen (secondary N) is 2. The SMILES string of the molecule is CCOCCOc1cc(C)ccc1CNC(=NC)NCc1coc(-c2ccccc2)n1.I. The maximum atomic E-state index is 5.91. The Morgan fingerprint density at radius 2 is 1.84 bits per heavy atom. The van der Waals surface area contributed by atoms with Gasteiger partial charge in [-0.25, -0.2) is 4.98 Å². The van der Waals surface area contributed by atoms with Crippen LogP contribution < -0.4 is 15.4 Å². The molecule has 0 atom stereocenters. The summed E-state index contributed by atoms with van der Waals surface area (Å²) < 4.78 is 16.9. The molecule has 1 aromatic heterocycles. The average molecular weight is 550 g/mol. The second-order valence-electron chi connectivity index (χ2n) is 6.95. The normalized spacial score (nSPS) is 11.0. The molecule has 0 unspecified atom stereocenters. The first-order chi connectivity index (χ1) is 15.2. The lowest BCUT2D eigenvalue weighted by atomic mass is 10.1. The molecule has 3 rings (SSSR count). The predicted molar refractivity (Wildman–Crippen MR) is 138 cm³/mol. The van der Waals surface area contributed by atoms with E-state index < -0.39 is 0 Å². The molecule has 2 aromatic carbocycles. The maximum Gasteiger partial charge on any atom is 0.226 e.